The van der Waals surface area contributed by atoms with Crippen LogP contribution in [0.5, 0.6) is 0 Å². The highest BCUT2D eigenvalue weighted by molar-refractivity contribution is 8.00. The molecule has 104 valence electrons. The van der Waals surface area contributed by atoms with Gasteiger partial charge in [0.1, 0.15) is 0 Å². The molecule has 1 aliphatic rings. The van der Waals surface area contributed by atoms with E-state index in [9.17, 15) is 4.79 Å². The van der Waals surface area contributed by atoms with E-state index in [0.29, 0.717) is 11.3 Å². The fourth-order valence-electron chi connectivity index (χ4n) is 2.32. The Morgan fingerprint density at radius 3 is 2.89 bits per heavy atom. The normalized spacial score (nSPS) is 22.4. The molecule has 1 saturated heterocycles. The topological polar surface area (TPSA) is 41.1 Å². The summed E-state index contributed by atoms with van der Waals surface area (Å²) in [5.74, 6) is 1.27. The molecule has 1 fully saturated rings. The van der Waals surface area contributed by atoms with E-state index in [0.717, 1.165) is 17.8 Å². The highest BCUT2D eigenvalue weighted by atomic mass is 32.2. The molecule has 1 atom stereocenters. The molecule has 0 aliphatic carbocycles. The van der Waals surface area contributed by atoms with Gasteiger partial charge in [-0.3, -0.25) is 4.79 Å². The van der Waals surface area contributed by atoms with Gasteiger partial charge in [-0.05, 0) is 44.1 Å². The maximum atomic E-state index is 11.9. The van der Waals surface area contributed by atoms with Crippen LogP contribution in [0.15, 0.2) is 24.3 Å². The minimum Gasteiger partial charge on any atom is -0.325 e. The smallest absolute Gasteiger partial charge is 0.238 e. The number of hydrogen-bond donors (Lipinski definition) is 2. The fourth-order valence-corrected chi connectivity index (χ4v) is 3.60. The average molecular weight is 278 g/mol. The average Bonchev–Trinajstić information content (AvgIpc) is 2.79. The third-order valence-electron chi connectivity index (χ3n) is 3.50. The van der Waals surface area contributed by atoms with Crippen LogP contribution in [0, 0.1) is 6.92 Å². The molecule has 1 unspecified atom stereocenters. The Morgan fingerprint density at radius 2 is 2.21 bits per heavy atom. The molecule has 2 rings (SSSR count). The molecule has 1 amide bonds. The van der Waals surface area contributed by atoms with Gasteiger partial charge in [-0.25, -0.2) is 0 Å². The molecule has 4 heteroatoms. The number of carbonyl (C=O) groups excluding carboxylic acids is 1. The number of hydrogen-bond acceptors (Lipinski definition) is 3. The van der Waals surface area contributed by atoms with Gasteiger partial charge in [0, 0.05) is 17.0 Å². The highest BCUT2D eigenvalue weighted by Gasteiger charge is 2.28. The number of amides is 1. The van der Waals surface area contributed by atoms with E-state index in [1.54, 1.807) is 0 Å². The first-order valence-corrected chi connectivity index (χ1v) is 7.78. The van der Waals surface area contributed by atoms with Crippen molar-refractivity contribution in [2.24, 2.45) is 0 Å². The maximum Gasteiger partial charge on any atom is 0.238 e. The van der Waals surface area contributed by atoms with Gasteiger partial charge in [0.25, 0.3) is 0 Å². The van der Waals surface area contributed by atoms with Crippen LogP contribution in [0.25, 0.3) is 0 Å². The van der Waals surface area contributed by atoms with Gasteiger partial charge in [0.2, 0.25) is 5.91 Å². The summed E-state index contributed by atoms with van der Waals surface area (Å²) < 4.78 is 0.308. The lowest BCUT2D eigenvalue weighted by atomic mass is 10.1. The van der Waals surface area contributed by atoms with E-state index in [2.05, 4.69) is 17.6 Å². The van der Waals surface area contributed by atoms with E-state index in [-0.39, 0.29) is 5.91 Å². The van der Waals surface area contributed by atoms with Crippen molar-refractivity contribution in [3.63, 3.8) is 0 Å². The summed E-state index contributed by atoms with van der Waals surface area (Å²) in [6, 6.07) is 7.84. The van der Waals surface area contributed by atoms with Crippen LogP contribution < -0.4 is 10.6 Å². The molecule has 19 heavy (non-hydrogen) atoms. The molecule has 2 N–H and O–H groups in total. The van der Waals surface area contributed by atoms with E-state index in [4.69, 9.17) is 0 Å². The third-order valence-corrected chi connectivity index (χ3v) is 5.04. The molecule has 1 aromatic carbocycles. The number of anilines is 1. The first kappa shape index (κ1) is 14.4. The molecule has 0 aromatic heterocycles. The van der Waals surface area contributed by atoms with E-state index in [1.807, 2.05) is 43.0 Å². The largest absolute Gasteiger partial charge is 0.325 e. The zero-order valence-electron chi connectivity index (χ0n) is 11.7. The summed E-state index contributed by atoms with van der Waals surface area (Å²) in [6.07, 6.45) is 2.53. The Balaban J connectivity index is 1.74. The summed E-state index contributed by atoms with van der Waals surface area (Å²) in [4.78, 5) is 11.9. The van der Waals surface area contributed by atoms with Gasteiger partial charge in [-0.2, -0.15) is 11.8 Å². The molecular weight excluding hydrogens is 256 g/mol. The van der Waals surface area contributed by atoms with Crippen molar-refractivity contribution in [1.29, 1.82) is 0 Å². The molecule has 0 radical (unpaired) electrons. The number of benzene rings is 1. The summed E-state index contributed by atoms with van der Waals surface area (Å²) in [7, 11) is 0. The lowest BCUT2D eigenvalue weighted by Gasteiger charge is -2.22. The monoisotopic (exact) mass is 278 g/mol. The summed E-state index contributed by atoms with van der Waals surface area (Å²) in [6.45, 7) is 5.56. The number of aryl methyl sites for hydroxylation is 1. The SMILES string of the molecule is Cc1ccccc1NC(=O)CNCC1(C)CCCS1. The van der Waals surface area contributed by atoms with Gasteiger partial charge in [-0.1, -0.05) is 18.2 Å². The predicted molar refractivity (Wildman–Crippen MR) is 82.8 cm³/mol. The van der Waals surface area contributed by atoms with Gasteiger partial charge in [0.15, 0.2) is 0 Å². The van der Waals surface area contributed by atoms with E-state index >= 15 is 0 Å². The first-order valence-electron chi connectivity index (χ1n) is 6.79. The predicted octanol–water partition coefficient (Wildman–Crippen LogP) is 2.81. The summed E-state index contributed by atoms with van der Waals surface area (Å²) in [5.41, 5.74) is 1.99. The number of rotatable bonds is 5. The van der Waals surface area contributed by atoms with Crippen molar-refractivity contribution in [2.75, 3.05) is 24.2 Å². The van der Waals surface area contributed by atoms with Crippen molar-refractivity contribution >= 4 is 23.4 Å². The Hall–Kier alpha value is -1.000. The molecule has 3 nitrogen and oxygen atoms in total. The second-order valence-corrected chi connectivity index (χ2v) is 7.05. The van der Waals surface area contributed by atoms with Gasteiger partial charge < -0.3 is 10.6 Å². The highest BCUT2D eigenvalue weighted by Crippen LogP contribution is 2.36. The quantitative estimate of drug-likeness (QED) is 0.870. The number of nitrogens with one attached hydrogen (secondary N) is 2. The van der Waals surface area contributed by atoms with Crippen LogP contribution in [-0.4, -0.2) is 29.5 Å². The van der Waals surface area contributed by atoms with Crippen molar-refractivity contribution in [1.82, 2.24) is 5.32 Å². The van der Waals surface area contributed by atoms with Crippen LogP contribution in [-0.2, 0) is 4.79 Å². The summed E-state index contributed by atoms with van der Waals surface area (Å²) >= 11 is 2.01. The Bertz CT molecular complexity index is 442. The Morgan fingerprint density at radius 1 is 1.42 bits per heavy atom. The Kier molecular flexibility index (Phi) is 4.88. The second kappa shape index (κ2) is 6.44. The van der Waals surface area contributed by atoms with Crippen molar-refractivity contribution in [2.45, 2.75) is 31.4 Å². The van der Waals surface area contributed by atoms with Gasteiger partial charge in [-0.15, -0.1) is 0 Å². The van der Waals surface area contributed by atoms with Gasteiger partial charge >= 0.3 is 0 Å². The molecule has 0 bridgehead atoms. The van der Waals surface area contributed by atoms with Crippen LogP contribution in [0.4, 0.5) is 5.69 Å². The van der Waals surface area contributed by atoms with Gasteiger partial charge in [0.05, 0.1) is 6.54 Å². The number of thioether (sulfide) groups is 1. The van der Waals surface area contributed by atoms with Crippen LogP contribution in [0.1, 0.15) is 25.3 Å². The standard InChI is InChI=1S/C15H22N2OS/c1-12-6-3-4-7-13(12)17-14(18)10-16-11-15(2)8-5-9-19-15/h3-4,6-7,16H,5,8-11H2,1-2H3,(H,17,18). The summed E-state index contributed by atoms with van der Waals surface area (Å²) in [5, 5.41) is 6.21. The second-order valence-electron chi connectivity index (χ2n) is 5.37. The zero-order valence-corrected chi connectivity index (χ0v) is 12.5. The lowest BCUT2D eigenvalue weighted by Crippen LogP contribution is -2.37. The molecule has 0 saturated carbocycles. The van der Waals surface area contributed by atoms with Crippen LogP contribution in [0.3, 0.4) is 0 Å². The van der Waals surface area contributed by atoms with Crippen molar-refractivity contribution < 1.29 is 4.79 Å². The van der Waals surface area contributed by atoms with E-state index in [1.165, 1.54) is 18.6 Å². The molecule has 1 aliphatic heterocycles. The maximum absolute atomic E-state index is 11.9. The molecule has 1 aromatic rings. The van der Waals surface area contributed by atoms with Crippen LogP contribution in [0.2, 0.25) is 0 Å². The Labute approximate surface area is 119 Å². The zero-order chi connectivity index (χ0) is 13.7. The van der Waals surface area contributed by atoms with E-state index < -0.39 is 0 Å². The van der Waals surface area contributed by atoms with Crippen molar-refractivity contribution in [3.05, 3.63) is 29.8 Å². The fraction of sp³-hybridized carbons (Fsp3) is 0.533. The molecule has 0 spiro atoms. The first-order chi connectivity index (χ1) is 9.09. The van der Waals surface area contributed by atoms with Crippen molar-refractivity contribution in [3.8, 4) is 0 Å². The third kappa shape index (κ3) is 4.25. The van der Waals surface area contributed by atoms with Crippen LogP contribution >= 0.6 is 11.8 Å². The number of carbonyl (C=O) groups is 1. The molecular formula is C15H22N2OS. The number of para-hydroxylation sites is 1. The minimum atomic E-state index is 0.0286. The molecule has 1 heterocycles. The minimum absolute atomic E-state index is 0.0286. The lowest BCUT2D eigenvalue weighted by molar-refractivity contribution is -0.115.